The van der Waals surface area contributed by atoms with Crippen molar-refractivity contribution in [2.24, 2.45) is 0 Å². The Kier molecular flexibility index (Phi) is 14.8. The molecular weight excluding hydrogens is 694 g/mol. The van der Waals surface area contributed by atoms with Crippen molar-refractivity contribution >= 4 is 32.1 Å². The number of hydrogen-bond donors (Lipinski definition) is 1. The van der Waals surface area contributed by atoms with Gasteiger partial charge in [0.2, 0.25) is 17.2 Å². The van der Waals surface area contributed by atoms with Crippen molar-refractivity contribution in [1.29, 1.82) is 0 Å². The number of phosphoric ester groups is 1. The summed E-state index contributed by atoms with van der Waals surface area (Å²) in [6.45, 7) is 0. The van der Waals surface area contributed by atoms with Gasteiger partial charge in [0.05, 0.1) is 56.9 Å². The molecule has 1 unspecified atom stereocenters. The molecule has 0 saturated heterocycles. The number of ether oxygens (including phenoxy) is 8. The van der Waals surface area contributed by atoms with Crippen molar-refractivity contribution in [3.05, 3.63) is 76.9 Å². The third-order valence-electron chi connectivity index (χ3n) is 7.25. The molecule has 1 N–H and O–H groups in total. The van der Waals surface area contributed by atoms with Crippen LogP contribution >= 0.6 is 7.82 Å². The van der Waals surface area contributed by atoms with Crippen LogP contribution in [0.25, 0.3) is 24.3 Å². The third-order valence-corrected chi connectivity index (χ3v) is 8.07. The summed E-state index contributed by atoms with van der Waals surface area (Å²) in [4.78, 5) is 13.3. The van der Waals surface area contributed by atoms with E-state index in [1.54, 1.807) is 54.6 Å². The van der Waals surface area contributed by atoms with Crippen molar-refractivity contribution in [3.63, 3.8) is 0 Å². The zero-order valence-electron chi connectivity index (χ0n) is 29.8. The first-order chi connectivity index (χ1) is 24.0. The van der Waals surface area contributed by atoms with E-state index in [1.165, 1.54) is 81.1 Å². The average Bonchev–Trinajstić information content (AvgIpc) is 3.12. The minimum absolute atomic E-state index is 0. The van der Waals surface area contributed by atoms with Crippen LogP contribution in [0.5, 0.6) is 63.2 Å². The monoisotopic (exact) mass is 732 g/mol. The molecule has 4 aromatic carbocycles. The van der Waals surface area contributed by atoms with Crippen molar-refractivity contribution in [2.75, 3.05) is 56.9 Å². The summed E-state index contributed by atoms with van der Waals surface area (Å²) in [7, 11) is 6.48. The summed E-state index contributed by atoms with van der Waals surface area (Å²) in [5.74, 6) is 1.56. The van der Waals surface area contributed by atoms with Crippen molar-refractivity contribution < 1.29 is 91.1 Å². The summed E-state index contributed by atoms with van der Waals surface area (Å²) in [6, 6.07) is 14.6. The zero-order chi connectivity index (χ0) is 36.4. The summed E-state index contributed by atoms with van der Waals surface area (Å²) in [5, 5.41) is 11.1. The zero-order valence-corrected chi connectivity index (χ0v) is 32.7. The van der Waals surface area contributed by atoms with Crippen molar-refractivity contribution in [2.45, 2.75) is 0 Å². The van der Waals surface area contributed by atoms with Crippen LogP contribution < -0.4 is 81.4 Å². The maximum atomic E-state index is 13.3. The smallest absolute Gasteiger partial charge is 0.736 e. The van der Waals surface area contributed by atoms with Gasteiger partial charge >= 0.3 is 37.4 Å². The third kappa shape index (κ3) is 9.78. The van der Waals surface area contributed by atoms with E-state index < -0.39 is 19.3 Å². The number of rotatable bonds is 16. The van der Waals surface area contributed by atoms with Gasteiger partial charge in [-0.15, -0.1) is 0 Å². The van der Waals surface area contributed by atoms with E-state index in [1.807, 2.05) is 0 Å². The van der Waals surface area contributed by atoms with Gasteiger partial charge in [0.25, 0.3) is 0 Å². The number of phenols is 1. The van der Waals surface area contributed by atoms with Crippen LogP contribution in [-0.2, 0) is 4.57 Å². The first-order valence-corrected chi connectivity index (χ1v) is 16.3. The largest absolute Gasteiger partial charge is 1.00 e. The van der Waals surface area contributed by atoms with Gasteiger partial charge in [-0.25, -0.2) is 4.57 Å². The number of benzene rings is 4. The second kappa shape index (κ2) is 18.5. The molecule has 0 amide bonds. The molecule has 13 nitrogen and oxygen atoms in total. The molecule has 4 aromatic rings. The van der Waals surface area contributed by atoms with E-state index in [0.717, 1.165) is 5.56 Å². The van der Waals surface area contributed by atoms with Gasteiger partial charge in [0.15, 0.2) is 46.0 Å². The number of phenolic OH excluding ortho intramolecular Hbond substituents is 1. The second-order valence-electron chi connectivity index (χ2n) is 10.2. The van der Waals surface area contributed by atoms with Crippen molar-refractivity contribution in [3.8, 4) is 63.2 Å². The Hall–Kier alpha value is -4.65. The maximum Gasteiger partial charge on any atom is 1.00 e. The van der Waals surface area contributed by atoms with E-state index in [0.29, 0.717) is 45.6 Å². The molecule has 0 radical (unpaired) electrons. The van der Waals surface area contributed by atoms with Gasteiger partial charge in [0.1, 0.15) is 0 Å². The molecular formula is C36H38NaO13P. The molecule has 0 aliphatic heterocycles. The van der Waals surface area contributed by atoms with Crippen LogP contribution in [0, 0.1) is 0 Å². The minimum atomic E-state index is -5.21. The Balaban J connectivity index is 0.00000702. The maximum absolute atomic E-state index is 13.3. The molecule has 15 heteroatoms. The van der Waals surface area contributed by atoms with E-state index in [2.05, 4.69) is 0 Å². The number of aromatic hydroxyl groups is 1. The average molecular weight is 733 g/mol. The van der Waals surface area contributed by atoms with Crippen LogP contribution in [0.15, 0.2) is 54.6 Å². The van der Waals surface area contributed by atoms with Crippen LogP contribution in [0.2, 0.25) is 0 Å². The molecule has 0 spiro atoms. The molecule has 1 atom stereocenters. The molecule has 0 fully saturated rings. The fraction of sp³-hybridized carbons (Fsp3) is 0.222. The summed E-state index contributed by atoms with van der Waals surface area (Å²) >= 11 is 0. The van der Waals surface area contributed by atoms with Crippen molar-refractivity contribution in [1.82, 2.24) is 0 Å². The first kappa shape index (κ1) is 40.8. The van der Waals surface area contributed by atoms with E-state index in [-0.39, 0.29) is 52.4 Å². The molecule has 0 aliphatic carbocycles. The van der Waals surface area contributed by atoms with Crippen LogP contribution in [0.4, 0.5) is 0 Å². The number of methoxy groups -OCH3 is 8. The van der Waals surface area contributed by atoms with E-state index >= 15 is 0 Å². The predicted molar refractivity (Wildman–Crippen MR) is 187 cm³/mol. The fourth-order valence-corrected chi connectivity index (χ4v) is 5.67. The van der Waals surface area contributed by atoms with E-state index in [4.69, 9.17) is 46.9 Å². The summed E-state index contributed by atoms with van der Waals surface area (Å²) in [5.41, 5.74) is 2.14. The fourth-order valence-electron chi connectivity index (χ4n) is 4.84. The molecule has 0 heterocycles. The van der Waals surface area contributed by atoms with E-state index in [9.17, 15) is 14.6 Å². The predicted octanol–water partition coefficient (Wildman–Crippen LogP) is 3.73. The Morgan fingerprint density at radius 2 is 0.902 bits per heavy atom. The van der Waals surface area contributed by atoms with Crippen LogP contribution in [0.1, 0.15) is 22.3 Å². The van der Waals surface area contributed by atoms with Gasteiger partial charge in [-0.1, -0.05) is 30.4 Å². The Morgan fingerprint density at radius 1 is 0.490 bits per heavy atom. The van der Waals surface area contributed by atoms with Gasteiger partial charge in [-0.2, -0.15) is 0 Å². The van der Waals surface area contributed by atoms with Gasteiger partial charge in [-0.05, 0) is 65.2 Å². The van der Waals surface area contributed by atoms with Gasteiger partial charge < -0.3 is 56.9 Å². The van der Waals surface area contributed by atoms with Gasteiger partial charge in [0, 0.05) is 5.56 Å². The summed E-state index contributed by atoms with van der Waals surface area (Å²) in [6.07, 6.45) is 6.70. The molecule has 0 aliphatic rings. The molecule has 0 bridgehead atoms. The number of hydrogen-bond acceptors (Lipinski definition) is 13. The van der Waals surface area contributed by atoms with Crippen LogP contribution in [-0.4, -0.2) is 62.0 Å². The minimum Gasteiger partial charge on any atom is -0.736 e. The Morgan fingerprint density at radius 3 is 1.35 bits per heavy atom. The molecule has 0 saturated carbocycles. The van der Waals surface area contributed by atoms with Gasteiger partial charge in [-0.3, -0.25) is 0 Å². The molecule has 51 heavy (non-hydrogen) atoms. The second-order valence-corrected chi connectivity index (χ2v) is 11.4. The number of phosphoric acid groups is 1. The Bertz CT molecular complexity index is 1880. The normalized spacial score (nSPS) is 12.0. The Labute approximate surface area is 318 Å². The quantitative estimate of drug-likeness (QED) is 0.101. The summed E-state index contributed by atoms with van der Waals surface area (Å²) < 4.78 is 66.9. The molecule has 4 rings (SSSR count). The molecule has 266 valence electrons. The first-order valence-electron chi connectivity index (χ1n) is 14.8. The molecule has 0 aromatic heterocycles. The standard InChI is InChI=1S/C36H39O13P.Na/c1-40-26-15-12-22(9-10-23-18-29(42-3)34(46-7)30(19-23)43-4)17-28(26)48-50(38,39)49-36-27(41-2)16-14-25(33(36)37)13-11-24-20-31(44-5)35(47-8)32(21-24)45-6;/h9-21,37H,1-8H3,(H,38,39);/q;+1/p-1/b10-9-,13-11-;. The van der Waals surface area contributed by atoms with Crippen LogP contribution in [0.3, 0.4) is 0 Å². The SMILES string of the molecule is COc1ccc(/C=C\c2cc(OC)c(OC)c(OC)c2)cc1OP(=O)([O-])Oc1c(OC)ccc(/C=C\c2cc(OC)c(OC)c(OC)c2)c1O.[Na+]. The topological polar surface area (TPSA) is 153 Å².